The van der Waals surface area contributed by atoms with Crippen LogP contribution in [0.3, 0.4) is 0 Å². The monoisotopic (exact) mass is 364 g/mol. The fourth-order valence-electron chi connectivity index (χ4n) is 3.90. The number of allylic oxidation sites excluding steroid dienone is 1. The molecule has 26 heavy (non-hydrogen) atoms. The summed E-state index contributed by atoms with van der Waals surface area (Å²) in [4.78, 5) is 35.1. The maximum absolute atomic E-state index is 12.1. The van der Waals surface area contributed by atoms with Gasteiger partial charge in [-0.05, 0) is 19.8 Å². The van der Waals surface area contributed by atoms with Crippen LogP contribution in [0, 0.1) is 5.92 Å². The first-order valence-corrected chi connectivity index (χ1v) is 8.77. The third-order valence-corrected chi connectivity index (χ3v) is 5.20. The molecule has 7 nitrogen and oxygen atoms in total. The van der Waals surface area contributed by atoms with Gasteiger partial charge in [0.25, 0.3) is 0 Å². The van der Waals surface area contributed by atoms with Gasteiger partial charge in [0.1, 0.15) is 30.5 Å². The number of carbonyl (C=O) groups is 3. The van der Waals surface area contributed by atoms with Gasteiger partial charge < -0.3 is 18.9 Å². The molecule has 0 radical (unpaired) electrons. The lowest BCUT2D eigenvalue weighted by Gasteiger charge is -2.28. The molecule has 2 fully saturated rings. The number of ether oxygens (including phenoxy) is 4. The average molecular weight is 364 g/mol. The summed E-state index contributed by atoms with van der Waals surface area (Å²) in [6.07, 6.45) is 2.34. The smallest absolute Gasteiger partial charge is 0.334 e. The highest BCUT2D eigenvalue weighted by atomic mass is 16.7. The van der Waals surface area contributed by atoms with E-state index in [-0.39, 0.29) is 12.2 Å². The summed E-state index contributed by atoms with van der Waals surface area (Å²) < 4.78 is 22.2. The van der Waals surface area contributed by atoms with Gasteiger partial charge in [0.2, 0.25) is 0 Å². The van der Waals surface area contributed by atoms with Crippen molar-refractivity contribution in [1.29, 1.82) is 0 Å². The standard InChI is InChI=1S/C19H24O7/c1-10-6-5-7-19(9-23-12(3)20)17(26-19)16(24-13(4)21)15-11(2)18(22)25-14(15)8-10/h6,14-17H,2,5,7-9H2,1,3-4H3/b10-6+/t14-,15+,16-,17-,19+/m0/s1. The maximum Gasteiger partial charge on any atom is 0.334 e. The molecule has 0 saturated carbocycles. The summed E-state index contributed by atoms with van der Waals surface area (Å²) in [6.45, 7) is 8.55. The van der Waals surface area contributed by atoms with Crippen LogP contribution in [0.25, 0.3) is 0 Å². The summed E-state index contributed by atoms with van der Waals surface area (Å²) in [6, 6.07) is 0. The quantitative estimate of drug-likeness (QED) is 0.248. The lowest BCUT2D eigenvalue weighted by atomic mass is 9.81. The minimum Gasteiger partial charge on any atom is -0.463 e. The highest BCUT2D eigenvalue weighted by Gasteiger charge is 2.65. The SMILES string of the molecule is C=C1C(=O)O[C@H]2C/C(C)=C/CC[C@]3(COC(C)=O)O[C@H]3[C@@H](OC(C)=O)[C@H]12. The Hall–Kier alpha value is -2.15. The van der Waals surface area contributed by atoms with E-state index in [1.807, 2.05) is 6.92 Å². The Morgan fingerprint density at radius 2 is 2.08 bits per heavy atom. The van der Waals surface area contributed by atoms with E-state index in [2.05, 4.69) is 12.7 Å². The molecule has 1 aliphatic carbocycles. The summed E-state index contributed by atoms with van der Waals surface area (Å²) >= 11 is 0. The summed E-state index contributed by atoms with van der Waals surface area (Å²) in [5.74, 6) is -1.84. The normalized spacial score (nSPS) is 38.2. The topological polar surface area (TPSA) is 91.4 Å². The summed E-state index contributed by atoms with van der Waals surface area (Å²) in [7, 11) is 0. The van der Waals surface area contributed by atoms with Crippen molar-refractivity contribution in [3.05, 3.63) is 23.8 Å². The van der Waals surface area contributed by atoms with Crippen LogP contribution in [0.15, 0.2) is 23.8 Å². The highest BCUT2D eigenvalue weighted by molar-refractivity contribution is 5.91. The molecule has 0 aromatic heterocycles. The Labute approximate surface area is 152 Å². The highest BCUT2D eigenvalue weighted by Crippen LogP contribution is 2.50. The first-order valence-electron chi connectivity index (χ1n) is 8.77. The maximum atomic E-state index is 12.1. The number of fused-ring (bicyclic) bond motifs is 2. The van der Waals surface area contributed by atoms with Crippen LogP contribution < -0.4 is 0 Å². The molecule has 0 N–H and O–H groups in total. The molecular formula is C19H24O7. The van der Waals surface area contributed by atoms with E-state index in [1.165, 1.54) is 13.8 Å². The van der Waals surface area contributed by atoms with Crippen molar-refractivity contribution in [2.24, 2.45) is 5.92 Å². The predicted octanol–water partition coefficient (Wildman–Crippen LogP) is 1.85. The number of carbonyl (C=O) groups excluding carboxylic acids is 3. The molecule has 3 rings (SSSR count). The van der Waals surface area contributed by atoms with Gasteiger partial charge in [0, 0.05) is 25.8 Å². The molecule has 0 unspecified atom stereocenters. The first-order chi connectivity index (χ1) is 12.2. The molecule has 5 atom stereocenters. The number of rotatable bonds is 3. The van der Waals surface area contributed by atoms with Gasteiger partial charge in [-0.15, -0.1) is 0 Å². The second-order valence-corrected chi connectivity index (χ2v) is 7.25. The Bertz CT molecular complexity index is 679. The average Bonchev–Trinajstić information content (AvgIpc) is 3.18. The molecule has 0 aromatic rings. The van der Waals surface area contributed by atoms with Crippen molar-refractivity contribution in [2.75, 3.05) is 6.61 Å². The lowest BCUT2D eigenvalue weighted by Crippen LogP contribution is -2.41. The Balaban J connectivity index is 1.95. The van der Waals surface area contributed by atoms with Crippen molar-refractivity contribution >= 4 is 17.9 Å². The minimum atomic E-state index is -0.726. The summed E-state index contributed by atoms with van der Waals surface area (Å²) in [5, 5.41) is 0. The van der Waals surface area contributed by atoms with Crippen molar-refractivity contribution in [3.63, 3.8) is 0 Å². The van der Waals surface area contributed by atoms with Gasteiger partial charge in [-0.2, -0.15) is 0 Å². The molecule has 2 heterocycles. The molecule has 0 bridgehead atoms. The van der Waals surface area contributed by atoms with Gasteiger partial charge in [-0.3, -0.25) is 9.59 Å². The zero-order chi connectivity index (χ0) is 19.1. The third-order valence-electron chi connectivity index (χ3n) is 5.20. The molecule has 2 saturated heterocycles. The van der Waals surface area contributed by atoms with Crippen LogP contribution >= 0.6 is 0 Å². The molecular weight excluding hydrogens is 340 g/mol. The number of esters is 3. The van der Waals surface area contributed by atoms with E-state index in [0.717, 1.165) is 12.0 Å². The minimum absolute atomic E-state index is 0.0797. The fourth-order valence-corrected chi connectivity index (χ4v) is 3.90. The van der Waals surface area contributed by atoms with Gasteiger partial charge in [-0.25, -0.2) is 4.79 Å². The number of hydrogen-bond donors (Lipinski definition) is 0. The van der Waals surface area contributed by atoms with Crippen LogP contribution in [0.5, 0.6) is 0 Å². The van der Waals surface area contributed by atoms with Crippen molar-refractivity contribution in [3.8, 4) is 0 Å². The molecule has 0 aromatic carbocycles. The molecule has 0 amide bonds. The van der Waals surface area contributed by atoms with Gasteiger partial charge >= 0.3 is 17.9 Å². The molecule has 7 heteroatoms. The van der Waals surface area contributed by atoms with Crippen LogP contribution in [0.1, 0.15) is 40.0 Å². The van der Waals surface area contributed by atoms with E-state index >= 15 is 0 Å². The summed E-state index contributed by atoms with van der Waals surface area (Å²) in [5.41, 5.74) is 0.633. The second-order valence-electron chi connectivity index (χ2n) is 7.25. The van der Waals surface area contributed by atoms with Crippen LogP contribution in [0.2, 0.25) is 0 Å². The molecule has 142 valence electrons. The second kappa shape index (κ2) is 6.87. The first kappa shape index (κ1) is 18.6. The van der Waals surface area contributed by atoms with Crippen molar-refractivity contribution in [2.45, 2.75) is 63.9 Å². The van der Waals surface area contributed by atoms with Gasteiger partial charge in [-0.1, -0.05) is 18.2 Å². The predicted molar refractivity (Wildman–Crippen MR) is 89.9 cm³/mol. The van der Waals surface area contributed by atoms with E-state index in [4.69, 9.17) is 18.9 Å². The third kappa shape index (κ3) is 3.53. The lowest BCUT2D eigenvalue weighted by molar-refractivity contribution is -0.151. The van der Waals surface area contributed by atoms with Crippen LogP contribution in [-0.2, 0) is 33.3 Å². The Morgan fingerprint density at radius 1 is 1.35 bits per heavy atom. The largest absolute Gasteiger partial charge is 0.463 e. The number of epoxide rings is 1. The van der Waals surface area contributed by atoms with Crippen LogP contribution in [-0.4, -0.2) is 48.4 Å². The van der Waals surface area contributed by atoms with E-state index < -0.39 is 47.7 Å². The van der Waals surface area contributed by atoms with Gasteiger partial charge in [0.15, 0.2) is 0 Å². The molecule has 0 spiro atoms. The Morgan fingerprint density at radius 3 is 2.73 bits per heavy atom. The van der Waals surface area contributed by atoms with E-state index in [1.54, 1.807) is 0 Å². The van der Waals surface area contributed by atoms with E-state index in [9.17, 15) is 14.4 Å². The van der Waals surface area contributed by atoms with E-state index in [0.29, 0.717) is 12.8 Å². The number of hydrogen-bond acceptors (Lipinski definition) is 7. The van der Waals surface area contributed by atoms with Gasteiger partial charge in [0.05, 0.1) is 5.92 Å². The Kier molecular flexibility index (Phi) is 4.92. The molecule has 3 aliphatic rings. The van der Waals surface area contributed by atoms with Crippen LogP contribution in [0.4, 0.5) is 0 Å². The zero-order valence-corrected chi connectivity index (χ0v) is 15.3. The fraction of sp³-hybridized carbons (Fsp3) is 0.632. The van der Waals surface area contributed by atoms with Crippen molar-refractivity contribution in [1.82, 2.24) is 0 Å². The van der Waals surface area contributed by atoms with Crippen molar-refractivity contribution < 1.29 is 33.3 Å². The zero-order valence-electron chi connectivity index (χ0n) is 15.3. The molecule has 2 aliphatic heterocycles.